The minimum absolute atomic E-state index is 0. The highest BCUT2D eigenvalue weighted by Gasteiger charge is 2.12. The van der Waals surface area contributed by atoms with Crippen LogP contribution in [0.5, 0.6) is 0 Å². The molecule has 0 radical (unpaired) electrons. The maximum atomic E-state index is 12.2. The van der Waals surface area contributed by atoms with E-state index >= 15 is 0 Å². The number of carbonyl (C=O) groups is 1. The van der Waals surface area contributed by atoms with Crippen molar-refractivity contribution in [2.24, 2.45) is 0 Å². The van der Waals surface area contributed by atoms with E-state index in [0.717, 1.165) is 18.7 Å². The molecule has 0 atom stereocenters. The fourth-order valence-corrected chi connectivity index (χ4v) is 2.24. The van der Waals surface area contributed by atoms with Gasteiger partial charge in [-0.1, -0.05) is 6.07 Å². The lowest BCUT2D eigenvalue weighted by Gasteiger charge is -2.20. The molecule has 0 aliphatic rings. The van der Waals surface area contributed by atoms with E-state index in [1.165, 1.54) is 5.69 Å². The van der Waals surface area contributed by atoms with Crippen molar-refractivity contribution in [3.8, 4) is 0 Å². The Morgan fingerprint density at radius 2 is 1.57 bits per heavy atom. The monoisotopic (exact) mass is 348 g/mol. The zero-order chi connectivity index (χ0) is 14.4. The number of Topliss-reactive ketones (excluding diaryl/α,β-unsaturated/α-hetero) is 1. The fraction of sp³-hybridized carbons (Fsp3) is 0.294. The van der Waals surface area contributed by atoms with Crippen molar-refractivity contribution in [2.75, 3.05) is 18.0 Å². The summed E-state index contributed by atoms with van der Waals surface area (Å²) < 4.78 is 1.89. The summed E-state index contributed by atoms with van der Waals surface area (Å²) in [5.41, 5.74) is 1.93. The Kier molecular flexibility index (Phi) is 7.09. The number of benzene rings is 1. The van der Waals surface area contributed by atoms with Crippen molar-refractivity contribution in [3.63, 3.8) is 0 Å². The topological polar surface area (TPSA) is 24.2 Å². The number of hydrogen-bond acceptors (Lipinski definition) is 2. The van der Waals surface area contributed by atoms with Gasteiger partial charge in [0.15, 0.2) is 12.4 Å². The van der Waals surface area contributed by atoms with Gasteiger partial charge in [0.2, 0.25) is 12.3 Å². The van der Waals surface area contributed by atoms with Crippen LogP contribution in [-0.2, 0) is 6.54 Å². The molecule has 1 aromatic carbocycles. The third-order valence-electron chi connectivity index (χ3n) is 3.42. The van der Waals surface area contributed by atoms with E-state index in [-0.39, 0.29) is 22.8 Å². The molecule has 0 aliphatic heterocycles. The van der Waals surface area contributed by atoms with E-state index in [0.29, 0.717) is 6.54 Å². The second kappa shape index (κ2) is 8.57. The normalized spacial score (nSPS) is 9.81. The lowest BCUT2D eigenvalue weighted by Crippen LogP contribution is -3.00. The van der Waals surface area contributed by atoms with Gasteiger partial charge in [-0.3, -0.25) is 4.79 Å². The van der Waals surface area contributed by atoms with Crippen LogP contribution in [0.1, 0.15) is 24.2 Å². The van der Waals surface area contributed by atoms with Gasteiger partial charge < -0.3 is 21.9 Å². The molecular formula is C17H21BrN2O. The highest BCUT2D eigenvalue weighted by Crippen LogP contribution is 2.15. The average Bonchev–Trinajstić information content (AvgIpc) is 2.50. The first-order valence-corrected chi connectivity index (χ1v) is 7.07. The number of aromatic nitrogens is 1. The van der Waals surface area contributed by atoms with Gasteiger partial charge in [0, 0.05) is 36.5 Å². The second-order valence-corrected chi connectivity index (χ2v) is 4.69. The van der Waals surface area contributed by atoms with Gasteiger partial charge in [0.05, 0.1) is 0 Å². The molecule has 2 rings (SSSR count). The van der Waals surface area contributed by atoms with Gasteiger partial charge in [0.1, 0.15) is 0 Å². The van der Waals surface area contributed by atoms with Crippen LogP contribution in [0.25, 0.3) is 0 Å². The largest absolute Gasteiger partial charge is 1.00 e. The van der Waals surface area contributed by atoms with Crippen molar-refractivity contribution >= 4 is 11.5 Å². The number of hydrogen-bond donors (Lipinski definition) is 0. The summed E-state index contributed by atoms with van der Waals surface area (Å²) in [7, 11) is 0. The zero-order valence-corrected chi connectivity index (χ0v) is 14.1. The first-order chi connectivity index (χ1) is 9.74. The SMILES string of the molecule is CCN(CC)c1ccc(C(=O)C[n+]2ccccc2)cc1.[Br-]. The predicted octanol–water partition coefficient (Wildman–Crippen LogP) is -0.293. The number of halogens is 1. The average molecular weight is 349 g/mol. The summed E-state index contributed by atoms with van der Waals surface area (Å²) in [6.45, 7) is 6.60. The number of nitrogens with zero attached hydrogens (tertiary/aromatic N) is 2. The van der Waals surface area contributed by atoms with Gasteiger partial charge in [-0.2, -0.15) is 4.57 Å². The van der Waals surface area contributed by atoms with Gasteiger partial charge in [-0.15, -0.1) is 0 Å². The highest BCUT2D eigenvalue weighted by molar-refractivity contribution is 5.95. The van der Waals surface area contributed by atoms with Gasteiger partial charge >= 0.3 is 0 Å². The summed E-state index contributed by atoms with van der Waals surface area (Å²) in [5, 5.41) is 0. The molecule has 0 aliphatic carbocycles. The molecule has 0 unspecified atom stereocenters. The number of carbonyl (C=O) groups excluding carboxylic acids is 1. The maximum Gasteiger partial charge on any atom is 0.227 e. The number of pyridine rings is 1. The molecule has 0 amide bonds. The fourth-order valence-electron chi connectivity index (χ4n) is 2.24. The predicted molar refractivity (Wildman–Crippen MR) is 81.0 cm³/mol. The third-order valence-corrected chi connectivity index (χ3v) is 3.42. The number of anilines is 1. The molecule has 4 heteroatoms. The molecule has 0 fully saturated rings. The van der Waals surface area contributed by atoms with Gasteiger partial charge in [-0.25, -0.2) is 0 Å². The summed E-state index contributed by atoms with van der Waals surface area (Å²) in [5.74, 6) is 0.132. The third kappa shape index (κ3) is 4.67. The van der Waals surface area contributed by atoms with E-state index < -0.39 is 0 Å². The molecular weight excluding hydrogens is 328 g/mol. The van der Waals surface area contributed by atoms with Gasteiger partial charge in [-0.05, 0) is 38.1 Å². The lowest BCUT2D eigenvalue weighted by molar-refractivity contribution is -0.683. The molecule has 1 aromatic heterocycles. The molecule has 0 N–H and O–H groups in total. The highest BCUT2D eigenvalue weighted by atomic mass is 79.9. The van der Waals surface area contributed by atoms with Crippen molar-refractivity contribution in [3.05, 3.63) is 60.4 Å². The Hall–Kier alpha value is -1.68. The summed E-state index contributed by atoms with van der Waals surface area (Å²) >= 11 is 0. The van der Waals surface area contributed by atoms with E-state index in [1.54, 1.807) is 0 Å². The molecule has 3 nitrogen and oxygen atoms in total. The Morgan fingerprint density at radius 1 is 1.00 bits per heavy atom. The summed E-state index contributed by atoms with van der Waals surface area (Å²) in [4.78, 5) is 14.5. The summed E-state index contributed by atoms with van der Waals surface area (Å²) in [6.07, 6.45) is 3.81. The van der Waals surface area contributed by atoms with Crippen molar-refractivity contribution in [2.45, 2.75) is 20.4 Å². The molecule has 0 spiro atoms. The van der Waals surface area contributed by atoms with Crippen LogP contribution < -0.4 is 26.4 Å². The van der Waals surface area contributed by atoms with E-state index in [1.807, 2.05) is 59.4 Å². The van der Waals surface area contributed by atoms with Gasteiger partial charge in [0.25, 0.3) is 0 Å². The van der Waals surface area contributed by atoms with Crippen molar-refractivity contribution in [1.29, 1.82) is 0 Å². The van der Waals surface area contributed by atoms with Crippen LogP contribution in [0.4, 0.5) is 5.69 Å². The molecule has 112 valence electrons. The number of rotatable bonds is 6. The minimum Gasteiger partial charge on any atom is -1.00 e. The van der Waals surface area contributed by atoms with E-state index in [4.69, 9.17) is 0 Å². The molecule has 21 heavy (non-hydrogen) atoms. The zero-order valence-electron chi connectivity index (χ0n) is 12.5. The van der Waals surface area contributed by atoms with Crippen molar-refractivity contribution in [1.82, 2.24) is 0 Å². The molecule has 1 heterocycles. The Bertz CT molecular complexity index is 551. The molecule has 0 bridgehead atoms. The van der Waals surface area contributed by atoms with Crippen LogP contribution in [-0.4, -0.2) is 18.9 Å². The maximum absolute atomic E-state index is 12.2. The van der Waals surface area contributed by atoms with Crippen LogP contribution in [0.3, 0.4) is 0 Å². The Labute approximate surface area is 137 Å². The Balaban J connectivity index is 0.00000220. The van der Waals surface area contributed by atoms with Crippen LogP contribution >= 0.6 is 0 Å². The molecule has 2 aromatic rings. The summed E-state index contributed by atoms with van der Waals surface area (Å²) in [6, 6.07) is 13.7. The van der Waals surface area contributed by atoms with Crippen LogP contribution in [0.15, 0.2) is 54.9 Å². The smallest absolute Gasteiger partial charge is 0.227 e. The second-order valence-electron chi connectivity index (χ2n) is 4.69. The first kappa shape index (κ1) is 17.4. The minimum atomic E-state index is 0. The standard InChI is InChI=1S/C17H21N2O.BrH/c1-3-19(4-2)16-10-8-15(9-11-16)17(20)14-18-12-6-5-7-13-18;/h5-13H,3-4,14H2,1-2H3;1H/q+1;/p-1. The van der Waals surface area contributed by atoms with Crippen LogP contribution in [0.2, 0.25) is 0 Å². The van der Waals surface area contributed by atoms with E-state index in [9.17, 15) is 4.79 Å². The Morgan fingerprint density at radius 3 is 2.10 bits per heavy atom. The van der Waals surface area contributed by atoms with Crippen molar-refractivity contribution < 1.29 is 26.3 Å². The quantitative estimate of drug-likeness (QED) is 0.529. The molecule has 0 saturated heterocycles. The lowest BCUT2D eigenvalue weighted by atomic mass is 10.1. The first-order valence-electron chi connectivity index (χ1n) is 7.07. The number of ketones is 1. The molecule has 0 saturated carbocycles. The van der Waals surface area contributed by atoms with Crippen LogP contribution in [0, 0.1) is 0 Å². The van der Waals surface area contributed by atoms with E-state index in [2.05, 4.69) is 18.7 Å².